The number of nitrogens with one attached hydrogen (secondary N) is 1. The Bertz CT molecular complexity index is 648. The molecule has 0 unspecified atom stereocenters. The van der Waals surface area contributed by atoms with E-state index in [4.69, 9.17) is 5.73 Å². The van der Waals surface area contributed by atoms with Gasteiger partial charge in [0.05, 0.1) is 11.1 Å². The molecular weight excluding hydrogens is 240 g/mol. The molecule has 98 valence electrons. The van der Waals surface area contributed by atoms with Gasteiger partial charge in [0.25, 0.3) is 5.91 Å². The Morgan fingerprint density at radius 3 is 2.68 bits per heavy atom. The number of carbonyl (C=O) groups is 1. The van der Waals surface area contributed by atoms with Crippen molar-refractivity contribution < 1.29 is 9.90 Å². The molecule has 2 aromatic rings. The maximum atomic E-state index is 12.2. The zero-order valence-corrected chi connectivity index (χ0v) is 10.5. The van der Waals surface area contributed by atoms with Gasteiger partial charge in [-0.15, -0.1) is 0 Å². The molecular formula is C15H16N2O2. The quantitative estimate of drug-likeness (QED) is 0.783. The summed E-state index contributed by atoms with van der Waals surface area (Å²) in [4.78, 5) is 12.2. The number of amides is 1. The molecule has 3 rings (SSSR count). The van der Waals surface area contributed by atoms with E-state index >= 15 is 0 Å². The highest BCUT2D eigenvalue weighted by molar-refractivity contribution is 6.03. The molecule has 4 nitrogen and oxygen atoms in total. The minimum Gasteiger partial charge on any atom is -0.506 e. The van der Waals surface area contributed by atoms with Gasteiger partial charge in [-0.1, -0.05) is 30.3 Å². The molecule has 0 saturated heterocycles. The first-order valence-corrected chi connectivity index (χ1v) is 6.38. The van der Waals surface area contributed by atoms with E-state index in [2.05, 4.69) is 5.32 Å². The number of hydrogen-bond donors (Lipinski definition) is 3. The fourth-order valence-electron chi connectivity index (χ4n) is 2.28. The first-order valence-electron chi connectivity index (χ1n) is 6.38. The summed E-state index contributed by atoms with van der Waals surface area (Å²) in [7, 11) is 0. The molecule has 0 atom stereocenters. The van der Waals surface area contributed by atoms with Gasteiger partial charge in [0.1, 0.15) is 5.75 Å². The number of rotatable bonds is 3. The molecule has 1 saturated carbocycles. The van der Waals surface area contributed by atoms with Gasteiger partial charge < -0.3 is 16.2 Å². The van der Waals surface area contributed by atoms with Crippen molar-refractivity contribution in [3.8, 4) is 5.75 Å². The molecule has 0 radical (unpaired) electrons. The summed E-state index contributed by atoms with van der Waals surface area (Å²) in [6.07, 6.45) is 1.81. The number of benzene rings is 2. The van der Waals surface area contributed by atoms with Crippen molar-refractivity contribution in [3.63, 3.8) is 0 Å². The van der Waals surface area contributed by atoms with Crippen LogP contribution in [0.4, 0.5) is 0 Å². The summed E-state index contributed by atoms with van der Waals surface area (Å²) in [5, 5.41) is 14.7. The second-order valence-electron chi connectivity index (χ2n) is 5.12. The number of hydrogen-bond acceptors (Lipinski definition) is 3. The number of carbonyl (C=O) groups excluding carboxylic acids is 1. The summed E-state index contributed by atoms with van der Waals surface area (Å²) in [5.74, 6) is -0.227. The van der Waals surface area contributed by atoms with Crippen LogP contribution >= 0.6 is 0 Å². The highest BCUT2D eigenvalue weighted by Gasteiger charge is 2.43. The summed E-state index contributed by atoms with van der Waals surface area (Å²) in [5.41, 5.74) is 5.70. The predicted molar refractivity (Wildman–Crippen MR) is 74.1 cm³/mol. The Morgan fingerprint density at radius 1 is 1.26 bits per heavy atom. The standard InChI is InChI=1S/C15H16N2O2/c16-9-15(7-8-15)17-14(19)12-6-5-10-3-1-2-4-11(10)13(12)18/h1-6,18H,7-9,16H2,(H,17,19). The number of fused-ring (bicyclic) bond motifs is 1. The minimum atomic E-state index is -0.258. The van der Waals surface area contributed by atoms with Crippen molar-refractivity contribution in [1.29, 1.82) is 0 Å². The maximum Gasteiger partial charge on any atom is 0.255 e. The van der Waals surface area contributed by atoms with E-state index in [0.717, 1.165) is 18.2 Å². The molecule has 0 heterocycles. The summed E-state index contributed by atoms with van der Waals surface area (Å²) in [6.45, 7) is 0.438. The second kappa shape index (κ2) is 4.24. The molecule has 4 N–H and O–H groups in total. The third kappa shape index (κ3) is 2.04. The molecule has 0 spiro atoms. The normalized spacial score (nSPS) is 16.3. The lowest BCUT2D eigenvalue weighted by molar-refractivity contribution is 0.0930. The topological polar surface area (TPSA) is 75.3 Å². The van der Waals surface area contributed by atoms with E-state index < -0.39 is 0 Å². The predicted octanol–water partition coefficient (Wildman–Crippen LogP) is 1.77. The smallest absolute Gasteiger partial charge is 0.255 e. The molecule has 4 heteroatoms. The van der Waals surface area contributed by atoms with Gasteiger partial charge in [0, 0.05) is 11.9 Å². The molecule has 1 fully saturated rings. The number of nitrogens with two attached hydrogens (primary N) is 1. The lowest BCUT2D eigenvalue weighted by Crippen LogP contribution is -2.42. The Morgan fingerprint density at radius 2 is 2.00 bits per heavy atom. The Balaban J connectivity index is 1.96. The number of phenols is 1. The van der Waals surface area contributed by atoms with Crippen LogP contribution in [0.5, 0.6) is 5.75 Å². The van der Waals surface area contributed by atoms with Crippen molar-refractivity contribution in [2.75, 3.05) is 6.54 Å². The Labute approximate surface area is 111 Å². The van der Waals surface area contributed by atoms with Crippen molar-refractivity contribution in [3.05, 3.63) is 42.0 Å². The average Bonchev–Trinajstić information content (AvgIpc) is 3.19. The lowest BCUT2D eigenvalue weighted by Gasteiger charge is -2.16. The van der Waals surface area contributed by atoms with E-state index in [-0.39, 0.29) is 17.2 Å². The minimum absolute atomic E-state index is 0.0309. The molecule has 2 aromatic carbocycles. The second-order valence-corrected chi connectivity index (χ2v) is 5.12. The third-order valence-electron chi connectivity index (χ3n) is 3.77. The van der Waals surface area contributed by atoms with Crippen molar-refractivity contribution in [2.45, 2.75) is 18.4 Å². The van der Waals surface area contributed by atoms with E-state index in [1.807, 2.05) is 24.3 Å². The molecule has 0 aliphatic heterocycles. The monoisotopic (exact) mass is 256 g/mol. The highest BCUT2D eigenvalue weighted by Crippen LogP contribution is 2.35. The fraction of sp³-hybridized carbons (Fsp3) is 0.267. The Kier molecular flexibility index (Phi) is 2.68. The molecule has 0 aromatic heterocycles. The van der Waals surface area contributed by atoms with E-state index in [1.54, 1.807) is 12.1 Å². The van der Waals surface area contributed by atoms with E-state index in [0.29, 0.717) is 17.5 Å². The number of phenolic OH excluding ortho intramolecular Hbond substituents is 1. The van der Waals surface area contributed by atoms with Crippen LogP contribution in [0.15, 0.2) is 36.4 Å². The first kappa shape index (κ1) is 12.0. The first-order chi connectivity index (χ1) is 9.15. The van der Waals surface area contributed by atoms with Crippen LogP contribution < -0.4 is 11.1 Å². The SMILES string of the molecule is NCC1(NC(=O)c2ccc3ccccc3c2O)CC1. The van der Waals surface area contributed by atoms with Crippen LogP contribution in [0.3, 0.4) is 0 Å². The number of aromatic hydroxyl groups is 1. The van der Waals surface area contributed by atoms with Crippen LogP contribution in [0.25, 0.3) is 10.8 Å². The molecule has 1 aliphatic rings. The molecule has 0 bridgehead atoms. The average molecular weight is 256 g/mol. The van der Waals surface area contributed by atoms with Crippen molar-refractivity contribution >= 4 is 16.7 Å². The van der Waals surface area contributed by atoms with Gasteiger partial charge in [0.15, 0.2) is 0 Å². The summed E-state index contributed by atoms with van der Waals surface area (Å²) < 4.78 is 0. The van der Waals surface area contributed by atoms with Gasteiger partial charge in [-0.3, -0.25) is 4.79 Å². The van der Waals surface area contributed by atoms with E-state index in [1.165, 1.54) is 0 Å². The lowest BCUT2D eigenvalue weighted by atomic mass is 10.0. The molecule has 19 heavy (non-hydrogen) atoms. The summed E-state index contributed by atoms with van der Waals surface area (Å²) in [6, 6.07) is 10.9. The molecule has 1 amide bonds. The highest BCUT2D eigenvalue weighted by atomic mass is 16.3. The largest absolute Gasteiger partial charge is 0.506 e. The van der Waals surface area contributed by atoms with Crippen molar-refractivity contribution in [1.82, 2.24) is 5.32 Å². The summed E-state index contributed by atoms with van der Waals surface area (Å²) >= 11 is 0. The van der Waals surface area contributed by atoms with Gasteiger partial charge in [-0.25, -0.2) is 0 Å². The molecule has 1 aliphatic carbocycles. The van der Waals surface area contributed by atoms with Crippen LogP contribution in [-0.2, 0) is 0 Å². The van der Waals surface area contributed by atoms with Gasteiger partial charge in [0.2, 0.25) is 0 Å². The van der Waals surface area contributed by atoms with Crippen LogP contribution in [-0.4, -0.2) is 23.1 Å². The zero-order valence-electron chi connectivity index (χ0n) is 10.5. The van der Waals surface area contributed by atoms with Gasteiger partial charge >= 0.3 is 0 Å². The fourth-order valence-corrected chi connectivity index (χ4v) is 2.28. The van der Waals surface area contributed by atoms with Gasteiger partial charge in [-0.2, -0.15) is 0 Å². The maximum absolute atomic E-state index is 12.2. The van der Waals surface area contributed by atoms with E-state index in [9.17, 15) is 9.90 Å². The Hall–Kier alpha value is -2.07. The zero-order chi connectivity index (χ0) is 13.5. The van der Waals surface area contributed by atoms with Crippen LogP contribution in [0, 0.1) is 0 Å². The van der Waals surface area contributed by atoms with Crippen LogP contribution in [0.1, 0.15) is 23.2 Å². The van der Waals surface area contributed by atoms with Gasteiger partial charge in [-0.05, 0) is 24.3 Å². The third-order valence-corrected chi connectivity index (χ3v) is 3.77. The van der Waals surface area contributed by atoms with Crippen LogP contribution in [0.2, 0.25) is 0 Å². The van der Waals surface area contributed by atoms with Crippen molar-refractivity contribution in [2.24, 2.45) is 5.73 Å².